The van der Waals surface area contributed by atoms with Crippen molar-refractivity contribution in [2.75, 3.05) is 7.11 Å². The van der Waals surface area contributed by atoms with E-state index < -0.39 is 26.2 Å². The largest absolute Gasteiger partial charge is 0.467 e. The van der Waals surface area contributed by atoms with Crippen molar-refractivity contribution in [3.8, 4) is 11.5 Å². The van der Waals surface area contributed by atoms with Crippen molar-refractivity contribution in [1.82, 2.24) is 5.32 Å². The van der Waals surface area contributed by atoms with Gasteiger partial charge in [-0.1, -0.05) is 20.8 Å². The van der Waals surface area contributed by atoms with E-state index in [1.807, 2.05) is 0 Å². The molecular formula is C16H29NO4Si. The first-order valence-electron chi connectivity index (χ1n) is 7.89. The van der Waals surface area contributed by atoms with Crippen molar-refractivity contribution in [2.45, 2.75) is 71.3 Å². The minimum atomic E-state index is -1.55. The van der Waals surface area contributed by atoms with Gasteiger partial charge >= 0.3 is 12.1 Å². The van der Waals surface area contributed by atoms with Gasteiger partial charge in [-0.3, -0.25) is 0 Å². The van der Waals surface area contributed by atoms with Gasteiger partial charge in [0.05, 0.1) is 13.2 Å². The summed E-state index contributed by atoms with van der Waals surface area (Å²) in [5.41, 5.74) is 3.39. The number of amides is 1. The van der Waals surface area contributed by atoms with Gasteiger partial charge in [0, 0.05) is 6.42 Å². The summed E-state index contributed by atoms with van der Waals surface area (Å²) in [7, 11) is -0.259. The molecule has 6 heteroatoms. The van der Waals surface area contributed by atoms with Crippen molar-refractivity contribution < 1.29 is 19.1 Å². The second-order valence-electron chi connectivity index (χ2n) is 5.52. The lowest BCUT2D eigenvalue weighted by Crippen LogP contribution is -2.42. The van der Waals surface area contributed by atoms with Crippen LogP contribution in [0, 0.1) is 11.5 Å². The van der Waals surface area contributed by atoms with Crippen LogP contribution in [0.25, 0.3) is 0 Å². The molecular weight excluding hydrogens is 298 g/mol. The van der Waals surface area contributed by atoms with Crippen LogP contribution in [0.1, 0.15) is 41.0 Å². The van der Waals surface area contributed by atoms with Gasteiger partial charge in [0.2, 0.25) is 0 Å². The maximum Gasteiger partial charge on any atom is 0.408 e. The number of esters is 1. The molecule has 0 spiro atoms. The van der Waals surface area contributed by atoms with Crippen LogP contribution in [-0.4, -0.2) is 39.4 Å². The highest BCUT2D eigenvalue weighted by atomic mass is 28.3. The van der Waals surface area contributed by atoms with E-state index in [2.05, 4.69) is 37.6 Å². The lowest BCUT2D eigenvalue weighted by molar-refractivity contribution is -0.142. The van der Waals surface area contributed by atoms with Gasteiger partial charge in [0.1, 0.15) is 14.1 Å². The monoisotopic (exact) mass is 327 g/mol. The summed E-state index contributed by atoms with van der Waals surface area (Å²) >= 11 is 0. The third-order valence-electron chi connectivity index (χ3n) is 3.81. The maximum atomic E-state index is 11.7. The van der Waals surface area contributed by atoms with Crippen LogP contribution in [-0.2, 0) is 14.3 Å². The van der Waals surface area contributed by atoms with Crippen molar-refractivity contribution in [3.05, 3.63) is 0 Å². The van der Waals surface area contributed by atoms with Crippen LogP contribution in [0.5, 0.6) is 0 Å². The van der Waals surface area contributed by atoms with Crippen molar-refractivity contribution >= 4 is 20.1 Å². The smallest absolute Gasteiger partial charge is 0.408 e. The maximum absolute atomic E-state index is 11.7. The first-order valence-corrected chi connectivity index (χ1v) is 10.5. The van der Waals surface area contributed by atoms with E-state index >= 15 is 0 Å². The van der Waals surface area contributed by atoms with E-state index in [-0.39, 0.29) is 12.5 Å². The molecule has 5 nitrogen and oxygen atoms in total. The molecule has 0 radical (unpaired) electrons. The van der Waals surface area contributed by atoms with Crippen LogP contribution in [0.4, 0.5) is 4.79 Å². The molecule has 0 heterocycles. The normalized spacial score (nSPS) is 12.1. The fourth-order valence-corrected chi connectivity index (χ4v) is 4.59. The molecule has 0 aliphatic rings. The zero-order valence-corrected chi connectivity index (χ0v) is 15.6. The predicted molar refractivity (Wildman–Crippen MR) is 90.1 cm³/mol. The third-order valence-corrected chi connectivity index (χ3v) is 8.58. The number of hydrogen-bond acceptors (Lipinski definition) is 4. The molecule has 0 aliphatic carbocycles. The molecule has 1 amide bonds. The van der Waals surface area contributed by atoms with E-state index in [9.17, 15) is 9.59 Å². The Morgan fingerprint density at radius 2 is 1.68 bits per heavy atom. The number of nitrogens with one attached hydrogen (secondary N) is 1. The number of carbonyl (C=O) groups excluding carboxylic acids is 2. The molecule has 126 valence electrons. The Morgan fingerprint density at radius 3 is 2.09 bits per heavy atom. The van der Waals surface area contributed by atoms with Gasteiger partial charge in [-0.05, 0) is 32.0 Å². The van der Waals surface area contributed by atoms with Crippen LogP contribution >= 0.6 is 0 Å². The SMILES string of the molecule is CC[Si](C#CC[C@H](NC(=O)OC(C)C)C(=O)OC)(CC)CC. The molecule has 0 aromatic rings. The van der Waals surface area contributed by atoms with Gasteiger partial charge in [-0.25, -0.2) is 9.59 Å². The Labute approximate surface area is 135 Å². The van der Waals surface area contributed by atoms with Gasteiger partial charge in [0.25, 0.3) is 0 Å². The van der Waals surface area contributed by atoms with E-state index in [0.717, 1.165) is 18.1 Å². The van der Waals surface area contributed by atoms with Crippen LogP contribution in [0.15, 0.2) is 0 Å². The minimum Gasteiger partial charge on any atom is -0.467 e. The van der Waals surface area contributed by atoms with Crippen molar-refractivity contribution in [1.29, 1.82) is 0 Å². The lowest BCUT2D eigenvalue weighted by atomic mass is 10.2. The number of alkyl carbamates (subject to hydrolysis) is 1. The molecule has 22 heavy (non-hydrogen) atoms. The van der Waals surface area contributed by atoms with Crippen LogP contribution < -0.4 is 5.32 Å². The van der Waals surface area contributed by atoms with Gasteiger partial charge in [0.15, 0.2) is 0 Å². The summed E-state index contributed by atoms with van der Waals surface area (Å²) in [5.74, 6) is 2.59. The number of ether oxygens (including phenoxy) is 2. The summed E-state index contributed by atoms with van der Waals surface area (Å²) in [5, 5.41) is 2.52. The van der Waals surface area contributed by atoms with E-state index in [0.29, 0.717) is 0 Å². The molecule has 0 unspecified atom stereocenters. The molecule has 0 aromatic carbocycles. The van der Waals surface area contributed by atoms with Gasteiger partial charge < -0.3 is 14.8 Å². The van der Waals surface area contributed by atoms with E-state index in [1.165, 1.54) is 7.11 Å². The Hall–Kier alpha value is -1.48. The molecule has 1 N–H and O–H groups in total. The van der Waals surface area contributed by atoms with E-state index in [1.54, 1.807) is 13.8 Å². The topological polar surface area (TPSA) is 64.6 Å². The molecule has 1 atom stereocenters. The Balaban J connectivity index is 4.89. The average molecular weight is 327 g/mol. The average Bonchev–Trinajstić information content (AvgIpc) is 2.49. The Kier molecular flexibility index (Phi) is 9.58. The summed E-state index contributed by atoms with van der Waals surface area (Å²) in [6, 6.07) is 2.50. The zero-order chi connectivity index (χ0) is 17.2. The predicted octanol–water partition coefficient (Wildman–Crippen LogP) is 3.10. The first kappa shape index (κ1) is 20.5. The van der Waals surface area contributed by atoms with Gasteiger partial charge in [-0.15, -0.1) is 11.5 Å². The molecule has 0 fully saturated rings. The second kappa shape index (κ2) is 10.3. The first-order chi connectivity index (χ1) is 10.3. The third kappa shape index (κ3) is 6.99. The minimum absolute atomic E-state index is 0.245. The molecule has 0 rings (SSSR count). The van der Waals surface area contributed by atoms with Crippen LogP contribution in [0.2, 0.25) is 18.1 Å². The summed E-state index contributed by atoms with van der Waals surface area (Å²) in [6.45, 7) is 10.0. The van der Waals surface area contributed by atoms with Gasteiger partial charge in [-0.2, -0.15) is 0 Å². The number of rotatable bonds is 7. The highest BCUT2D eigenvalue weighted by Gasteiger charge is 2.25. The van der Waals surface area contributed by atoms with Crippen molar-refractivity contribution in [2.24, 2.45) is 0 Å². The standard InChI is InChI=1S/C16H29NO4Si/c1-7-22(8-2,9-3)12-10-11-14(15(18)20-6)17-16(19)21-13(4)5/h13-14H,7-9,11H2,1-6H3,(H,17,19)/t14-/m0/s1. The summed E-state index contributed by atoms with van der Waals surface area (Å²) < 4.78 is 9.70. The Morgan fingerprint density at radius 1 is 1.14 bits per heavy atom. The highest BCUT2D eigenvalue weighted by Crippen LogP contribution is 2.18. The molecule has 0 saturated heterocycles. The fourth-order valence-electron chi connectivity index (χ4n) is 2.08. The number of carbonyl (C=O) groups is 2. The second-order valence-corrected chi connectivity index (χ2v) is 10.5. The number of hydrogen-bond donors (Lipinski definition) is 1. The highest BCUT2D eigenvalue weighted by molar-refractivity contribution is 6.87. The summed E-state index contributed by atoms with van der Waals surface area (Å²) in [6.07, 6.45) is -0.629. The van der Waals surface area contributed by atoms with Crippen LogP contribution in [0.3, 0.4) is 0 Å². The molecule has 0 saturated carbocycles. The van der Waals surface area contributed by atoms with E-state index in [4.69, 9.17) is 9.47 Å². The number of methoxy groups -OCH3 is 1. The zero-order valence-electron chi connectivity index (χ0n) is 14.6. The Bertz CT molecular complexity index is 413. The summed E-state index contributed by atoms with van der Waals surface area (Å²) in [4.78, 5) is 23.4. The fraction of sp³-hybridized carbons (Fsp3) is 0.750. The van der Waals surface area contributed by atoms with Crippen molar-refractivity contribution in [3.63, 3.8) is 0 Å². The lowest BCUT2D eigenvalue weighted by Gasteiger charge is -2.20. The molecule has 0 bridgehead atoms. The molecule has 0 aromatic heterocycles. The molecule has 0 aliphatic heterocycles. The quantitative estimate of drug-likeness (QED) is 0.443.